The van der Waals surface area contributed by atoms with Crippen molar-refractivity contribution < 1.29 is 9.59 Å². The first-order chi connectivity index (χ1) is 17.8. The molecule has 37 heavy (non-hydrogen) atoms. The fourth-order valence-electron chi connectivity index (χ4n) is 3.82. The van der Waals surface area contributed by atoms with E-state index < -0.39 is 6.04 Å². The average molecular weight is 622 g/mol. The number of nitrogens with one attached hydrogen (secondary N) is 1. The van der Waals surface area contributed by atoms with Crippen molar-refractivity contribution in [2.45, 2.75) is 51.1 Å². The molecule has 0 saturated heterocycles. The average Bonchev–Trinajstić information content (AvgIpc) is 2.88. The summed E-state index contributed by atoms with van der Waals surface area (Å²) in [5.74, 6) is 0.420. The van der Waals surface area contributed by atoms with Gasteiger partial charge in [0.05, 0.1) is 5.75 Å². The summed E-state index contributed by atoms with van der Waals surface area (Å²) < 4.78 is 0.920. The van der Waals surface area contributed by atoms with Crippen molar-refractivity contribution in [2.75, 3.05) is 5.75 Å². The highest BCUT2D eigenvalue weighted by atomic mass is 79.9. The lowest BCUT2D eigenvalue weighted by atomic mass is 10.0. The van der Waals surface area contributed by atoms with Crippen LogP contribution in [0.5, 0.6) is 0 Å². The van der Waals surface area contributed by atoms with Crippen molar-refractivity contribution in [3.63, 3.8) is 0 Å². The molecular weight excluding hydrogens is 591 g/mol. The minimum Gasteiger partial charge on any atom is -0.352 e. The van der Waals surface area contributed by atoms with Crippen LogP contribution in [0.1, 0.15) is 37.0 Å². The molecule has 8 heteroatoms. The van der Waals surface area contributed by atoms with Crippen LogP contribution in [0, 0.1) is 0 Å². The summed E-state index contributed by atoms with van der Waals surface area (Å²) in [6.07, 6.45) is 1.22. The zero-order valence-corrected chi connectivity index (χ0v) is 24.8. The molecule has 0 aliphatic rings. The first-order valence-corrected chi connectivity index (χ1v) is 14.9. The van der Waals surface area contributed by atoms with E-state index in [9.17, 15) is 9.59 Å². The molecule has 3 aromatic carbocycles. The molecule has 0 heterocycles. The summed E-state index contributed by atoms with van der Waals surface area (Å²) in [6, 6.07) is 22.3. The Bertz CT molecular complexity index is 1180. The van der Waals surface area contributed by atoms with Crippen LogP contribution in [0.25, 0.3) is 0 Å². The van der Waals surface area contributed by atoms with Gasteiger partial charge in [-0.2, -0.15) is 0 Å². The van der Waals surface area contributed by atoms with Crippen LogP contribution in [0.3, 0.4) is 0 Å². The normalized spacial score (nSPS) is 12.6. The molecule has 4 nitrogen and oxygen atoms in total. The van der Waals surface area contributed by atoms with Gasteiger partial charge in [-0.15, -0.1) is 11.8 Å². The van der Waals surface area contributed by atoms with Gasteiger partial charge in [0.15, 0.2) is 0 Å². The predicted molar refractivity (Wildman–Crippen MR) is 159 cm³/mol. The van der Waals surface area contributed by atoms with Gasteiger partial charge in [0.1, 0.15) is 6.04 Å². The van der Waals surface area contributed by atoms with Crippen LogP contribution in [0.2, 0.25) is 10.0 Å². The van der Waals surface area contributed by atoms with Gasteiger partial charge in [0.25, 0.3) is 0 Å². The lowest BCUT2D eigenvalue weighted by molar-refractivity contribution is -0.139. The number of benzene rings is 3. The Hall–Kier alpha value is -1.99. The minimum absolute atomic E-state index is 0.00494. The molecule has 1 N–H and O–H groups in total. The molecule has 3 rings (SSSR count). The van der Waals surface area contributed by atoms with Crippen LogP contribution in [0.15, 0.2) is 77.3 Å². The molecule has 0 bridgehead atoms. The number of halogens is 3. The van der Waals surface area contributed by atoms with E-state index in [2.05, 4.69) is 21.2 Å². The van der Waals surface area contributed by atoms with E-state index in [4.69, 9.17) is 23.2 Å². The van der Waals surface area contributed by atoms with Gasteiger partial charge in [-0.25, -0.2) is 0 Å². The lowest BCUT2D eigenvalue weighted by Gasteiger charge is -2.32. The topological polar surface area (TPSA) is 49.4 Å². The van der Waals surface area contributed by atoms with Crippen LogP contribution in [0.4, 0.5) is 0 Å². The maximum atomic E-state index is 13.7. The predicted octanol–water partition coefficient (Wildman–Crippen LogP) is 7.54. The minimum atomic E-state index is -0.660. The number of carbonyl (C=O) groups excluding carboxylic acids is 2. The molecule has 3 aromatic rings. The highest BCUT2D eigenvalue weighted by molar-refractivity contribution is 9.10. The maximum Gasteiger partial charge on any atom is 0.243 e. The molecule has 0 radical (unpaired) electrons. The molecule has 0 spiro atoms. The number of rotatable bonds is 12. The van der Waals surface area contributed by atoms with E-state index in [1.807, 2.05) is 68.4 Å². The summed E-state index contributed by atoms with van der Waals surface area (Å²) >= 11 is 17.6. The number of hydrogen-bond acceptors (Lipinski definition) is 3. The number of carbonyl (C=O) groups is 2. The van der Waals surface area contributed by atoms with Crippen molar-refractivity contribution in [3.8, 4) is 0 Å². The number of amides is 2. The van der Waals surface area contributed by atoms with Crippen LogP contribution in [-0.2, 0) is 28.3 Å². The smallest absolute Gasteiger partial charge is 0.243 e. The number of hydrogen-bond donors (Lipinski definition) is 1. The molecule has 0 fully saturated rings. The second kappa shape index (κ2) is 14.8. The van der Waals surface area contributed by atoms with Crippen molar-refractivity contribution in [3.05, 3.63) is 104 Å². The molecule has 196 valence electrons. The molecular formula is C29H31BrCl2N2O2S. The van der Waals surface area contributed by atoms with E-state index >= 15 is 0 Å². The second-order valence-corrected chi connectivity index (χ2v) is 11.6. The van der Waals surface area contributed by atoms with Crippen LogP contribution < -0.4 is 5.32 Å². The Kier molecular flexibility index (Phi) is 11.8. The first kappa shape index (κ1) is 29.6. The van der Waals surface area contributed by atoms with Gasteiger partial charge in [-0.3, -0.25) is 9.59 Å². The second-order valence-electron chi connectivity index (χ2n) is 8.87. The number of nitrogens with zero attached hydrogens (tertiary/aromatic N) is 1. The van der Waals surface area contributed by atoms with Gasteiger partial charge in [0.2, 0.25) is 11.8 Å². The fraction of sp³-hybridized carbons (Fsp3) is 0.310. The van der Waals surface area contributed by atoms with Crippen molar-refractivity contribution in [1.82, 2.24) is 10.2 Å². The van der Waals surface area contributed by atoms with E-state index in [0.29, 0.717) is 28.8 Å². The molecule has 0 aromatic heterocycles. The van der Waals surface area contributed by atoms with Gasteiger partial charge >= 0.3 is 0 Å². The lowest BCUT2D eigenvalue weighted by Crippen LogP contribution is -2.52. The van der Waals surface area contributed by atoms with Crippen molar-refractivity contribution in [1.29, 1.82) is 0 Å². The fourth-order valence-corrected chi connectivity index (χ4v) is 5.91. The van der Waals surface area contributed by atoms with Gasteiger partial charge in [-0.1, -0.05) is 94.6 Å². The van der Waals surface area contributed by atoms with Crippen LogP contribution in [-0.4, -0.2) is 34.6 Å². The molecule has 2 amide bonds. The number of thioether (sulfide) groups is 1. The molecule has 2 unspecified atom stereocenters. The van der Waals surface area contributed by atoms with E-state index in [1.54, 1.807) is 23.1 Å². The third kappa shape index (κ3) is 9.06. The van der Waals surface area contributed by atoms with Crippen molar-refractivity contribution in [2.24, 2.45) is 0 Å². The highest BCUT2D eigenvalue weighted by Gasteiger charge is 2.31. The first-order valence-electron chi connectivity index (χ1n) is 12.2. The Morgan fingerprint density at radius 3 is 2.27 bits per heavy atom. The largest absolute Gasteiger partial charge is 0.352 e. The molecule has 0 saturated carbocycles. The van der Waals surface area contributed by atoms with Gasteiger partial charge in [0, 0.05) is 39.3 Å². The Morgan fingerprint density at radius 2 is 1.62 bits per heavy atom. The Balaban J connectivity index is 1.88. The Morgan fingerprint density at radius 1 is 0.973 bits per heavy atom. The SMILES string of the molecule is CCC(C)NC(=O)C(Cc1ccccc1)N(Cc1cccc(Br)c1)C(=O)CSCc1c(Cl)cccc1Cl. The third-order valence-corrected chi connectivity index (χ3v) is 8.19. The van der Waals surface area contributed by atoms with Crippen molar-refractivity contribution >= 4 is 62.7 Å². The molecule has 0 aliphatic carbocycles. The maximum absolute atomic E-state index is 13.7. The van der Waals surface area contributed by atoms with Gasteiger partial charge in [-0.05, 0) is 54.3 Å². The van der Waals surface area contributed by atoms with E-state index in [-0.39, 0.29) is 23.6 Å². The molecule has 2 atom stereocenters. The summed E-state index contributed by atoms with van der Waals surface area (Å²) in [5, 5.41) is 4.25. The zero-order chi connectivity index (χ0) is 26.8. The van der Waals surface area contributed by atoms with E-state index in [0.717, 1.165) is 27.6 Å². The highest BCUT2D eigenvalue weighted by Crippen LogP contribution is 2.28. The summed E-state index contributed by atoms with van der Waals surface area (Å²) in [7, 11) is 0. The summed E-state index contributed by atoms with van der Waals surface area (Å²) in [4.78, 5) is 29.0. The van der Waals surface area contributed by atoms with Crippen LogP contribution >= 0.6 is 50.9 Å². The van der Waals surface area contributed by atoms with E-state index in [1.165, 1.54) is 11.8 Å². The summed E-state index contributed by atoms with van der Waals surface area (Å²) in [6.45, 7) is 4.32. The Labute approximate surface area is 242 Å². The quantitative estimate of drug-likeness (QED) is 0.227. The third-order valence-electron chi connectivity index (χ3n) is 6.05. The summed E-state index contributed by atoms with van der Waals surface area (Å²) in [5.41, 5.74) is 2.74. The van der Waals surface area contributed by atoms with Gasteiger partial charge < -0.3 is 10.2 Å². The molecule has 0 aliphatic heterocycles. The zero-order valence-electron chi connectivity index (χ0n) is 20.9. The standard InChI is InChI=1S/C29H31BrCl2N2O2S/c1-3-20(2)33-29(36)27(16-21-9-5-4-6-10-21)34(17-22-11-7-12-23(30)15-22)28(35)19-37-18-24-25(31)13-8-14-26(24)32/h4-15,20,27H,3,16-19H2,1-2H3,(H,33,36). The monoisotopic (exact) mass is 620 g/mol.